The molecule has 0 atom stereocenters. The van der Waals surface area contributed by atoms with Gasteiger partial charge in [-0.3, -0.25) is 0 Å². The van der Waals surface area contributed by atoms with Crippen LogP contribution in [0, 0.1) is 6.92 Å². The molecule has 1 heterocycles. The van der Waals surface area contributed by atoms with E-state index in [4.69, 9.17) is 4.42 Å². The lowest BCUT2D eigenvalue weighted by atomic mass is 10.2. The van der Waals surface area contributed by atoms with Crippen molar-refractivity contribution in [2.75, 3.05) is 5.32 Å². The molecule has 2 aromatic rings. The molecular weight excluding hydrogens is 339 g/mol. The molecule has 3 nitrogen and oxygen atoms in total. The van der Waals surface area contributed by atoms with Gasteiger partial charge in [-0.1, -0.05) is 0 Å². The summed E-state index contributed by atoms with van der Waals surface area (Å²) in [6.45, 7) is 2.36. The minimum Gasteiger partial charge on any atom is -0.467 e. The number of aryl methyl sites for hydroxylation is 1. The third-order valence-electron chi connectivity index (χ3n) is 2.58. The third-order valence-corrected chi connectivity index (χ3v) is 3.20. The van der Waals surface area contributed by atoms with Gasteiger partial charge in [0.05, 0.1) is 17.3 Å². The second-order valence-electron chi connectivity index (χ2n) is 4.07. The number of hydrogen-bond acceptors (Lipinski definition) is 3. The van der Waals surface area contributed by atoms with Crippen molar-refractivity contribution in [1.29, 1.82) is 0 Å². The fraction of sp³-hybridized carbons (Fsp3) is 0.231. The number of ether oxygens (including phenoxy) is 1. The van der Waals surface area contributed by atoms with Crippen LogP contribution in [-0.4, -0.2) is 6.36 Å². The van der Waals surface area contributed by atoms with Crippen LogP contribution in [-0.2, 0) is 6.54 Å². The van der Waals surface area contributed by atoms with Gasteiger partial charge >= 0.3 is 6.36 Å². The van der Waals surface area contributed by atoms with Crippen molar-refractivity contribution in [2.24, 2.45) is 0 Å². The Bertz CT molecular complexity index is 596. The van der Waals surface area contributed by atoms with Gasteiger partial charge in [-0.15, -0.1) is 13.2 Å². The van der Waals surface area contributed by atoms with Crippen molar-refractivity contribution in [3.63, 3.8) is 0 Å². The standard InChI is InChI=1S/C13H11BrF3NO2/c1-8-4-5-19-12(8)7-18-9-2-3-11(10(14)6-9)20-13(15,16)17/h2-6,18H,7H2,1H3. The van der Waals surface area contributed by atoms with Gasteiger partial charge in [0.1, 0.15) is 11.5 Å². The molecular formula is C13H11BrF3NO2. The molecule has 0 fully saturated rings. The summed E-state index contributed by atoms with van der Waals surface area (Å²) in [6, 6.07) is 6.10. The van der Waals surface area contributed by atoms with Crippen LogP contribution in [0.2, 0.25) is 0 Å². The highest BCUT2D eigenvalue weighted by Crippen LogP contribution is 2.32. The molecule has 0 aliphatic rings. The van der Waals surface area contributed by atoms with Gasteiger partial charge in [0.15, 0.2) is 0 Å². The van der Waals surface area contributed by atoms with E-state index in [-0.39, 0.29) is 10.2 Å². The van der Waals surface area contributed by atoms with Gasteiger partial charge in [-0.05, 0) is 52.7 Å². The van der Waals surface area contributed by atoms with Gasteiger partial charge in [0, 0.05) is 5.69 Å². The largest absolute Gasteiger partial charge is 0.573 e. The normalized spacial score (nSPS) is 11.4. The Balaban J connectivity index is 2.04. The Morgan fingerprint density at radius 2 is 2.05 bits per heavy atom. The molecule has 1 aromatic carbocycles. The molecule has 0 spiro atoms. The zero-order valence-corrected chi connectivity index (χ0v) is 12.0. The van der Waals surface area contributed by atoms with Gasteiger partial charge in [0.2, 0.25) is 0 Å². The van der Waals surface area contributed by atoms with E-state index in [1.165, 1.54) is 18.2 Å². The average molecular weight is 350 g/mol. The van der Waals surface area contributed by atoms with E-state index < -0.39 is 6.36 Å². The van der Waals surface area contributed by atoms with Gasteiger partial charge in [-0.2, -0.15) is 0 Å². The van der Waals surface area contributed by atoms with Crippen LogP contribution in [0.3, 0.4) is 0 Å². The van der Waals surface area contributed by atoms with Gasteiger partial charge < -0.3 is 14.5 Å². The molecule has 7 heteroatoms. The maximum Gasteiger partial charge on any atom is 0.573 e. The fourth-order valence-electron chi connectivity index (χ4n) is 1.59. The number of alkyl halides is 3. The summed E-state index contributed by atoms with van der Waals surface area (Å²) in [4.78, 5) is 0. The average Bonchev–Trinajstić information content (AvgIpc) is 2.74. The first-order valence-electron chi connectivity index (χ1n) is 5.67. The number of hydrogen-bond donors (Lipinski definition) is 1. The molecule has 0 aliphatic heterocycles. The van der Waals surface area contributed by atoms with Crippen molar-refractivity contribution < 1.29 is 22.3 Å². The van der Waals surface area contributed by atoms with Crippen molar-refractivity contribution in [1.82, 2.24) is 0 Å². The number of anilines is 1. The number of nitrogens with one attached hydrogen (secondary N) is 1. The van der Waals surface area contributed by atoms with Crippen LogP contribution >= 0.6 is 15.9 Å². The summed E-state index contributed by atoms with van der Waals surface area (Å²) < 4.78 is 45.7. The van der Waals surface area contributed by atoms with E-state index in [2.05, 4.69) is 26.0 Å². The molecule has 20 heavy (non-hydrogen) atoms. The molecule has 1 aromatic heterocycles. The molecule has 0 unspecified atom stereocenters. The van der Waals surface area contributed by atoms with Crippen molar-refractivity contribution in [3.8, 4) is 5.75 Å². The minimum atomic E-state index is -4.71. The highest BCUT2D eigenvalue weighted by Gasteiger charge is 2.31. The zero-order valence-electron chi connectivity index (χ0n) is 10.4. The summed E-state index contributed by atoms with van der Waals surface area (Å²) >= 11 is 3.04. The lowest BCUT2D eigenvalue weighted by Gasteiger charge is -2.12. The van der Waals surface area contributed by atoms with Crippen LogP contribution in [0.4, 0.5) is 18.9 Å². The van der Waals surface area contributed by atoms with Crippen LogP contribution in [0.15, 0.2) is 39.4 Å². The summed E-state index contributed by atoms with van der Waals surface area (Å²) in [7, 11) is 0. The molecule has 0 amide bonds. The molecule has 0 saturated carbocycles. The lowest BCUT2D eigenvalue weighted by molar-refractivity contribution is -0.274. The Morgan fingerprint density at radius 3 is 2.60 bits per heavy atom. The fourth-order valence-corrected chi connectivity index (χ4v) is 2.05. The second kappa shape index (κ2) is 5.78. The highest BCUT2D eigenvalue weighted by molar-refractivity contribution is 9.10. The van der Waals surface area contributed by atoms with E-state index in [1.807, 2.05) is 13.0 Å². The van der Waals surface area contributed by atoms with Crippen LogP contribution in [0.25, 0.3) is 0 Å². The minimum absolute atomic E-state index is 0.219. The third kappa shape index (κ3) is 3.93. The Kier molecular flexibility index (Phi) is 4.27. The first-order valence-corrected chi connectivity index (χ1v) is 6.46. The Hall–Kier alpha value is -1.63. The second-order valence-corrected chi connectivity index (χ2v) is 4.93. The van der Waals surface area contributed by atoms with Crippen LogP contribution in [0.5, 0.6) is 5.75 Å². The molecule has 108 valence electrons. The number of rotatable bonds is 4. The van der Waals surface area contributed by atoms with E-state index in [1.54, 1.807) is 6.26 Å². The number of furan rings is 1. The van der Waals surface area contributed by atoms with E-state index in [0.29, 0.717) is 12.2 Å². The predicted molar refractivity (Wildman–Crippen MR) is 71.6 cm³/mol. The van der Waals surface area contributed by atoms with Crippen LogP contribution in [0.1, 0.15) is 11.3 Å². The van der Waals surface area contributed by atoms with Crippen molar-refractivity contribution >= 4 is 21.6 Å². The quantitative estimate of drug-likeness (QED) is 0.855. The molecule has 0 radical (unpaired) electrons. The first-order chi connectivity index (χ1) is 9.35. The molecule has 2 rings (SSSR count). The van der Waals surface area contributed by atoms with Gasteiger partial charge in [-0.25, -0.2) is 0 Å². The van der Waals surface area contributed by atoms with Crippen molar-refractivity contribution in [3.05, 3.63) is 46.3 Å². The first kappa shape index (κ1) is 14.8. The summed E-state index contributed by atoms with van der Waals surface area (Å²) in [5, 5.41) is 3.06. The molecule has 0 saturated heterocycles. The maximum absolute atomic E-state index is 12.1. The van der Waals surface area contributed by atoms with E-state index in [9.17, 15) is 13.2 Å². The molecule has 1 N–H and O–H groups in total. The SMILES string of the molecule is Cc1ccoc1CNc1ccc(OC(F)(F)F)c(Br)c1. The summed E-state index contributed by atoms with van der Waals surface area (Å²) in [6.07, 6.45) is -3.12. The highest BCUT2D eigenvalue weighted by atomic mass is 79.9. The predicted octanol–water partition coefficient (Wildman–Crippen LogP) is 4.86. The zero-order chi connectivity index (χ0) is 14.8. The molecule has 0 bridgehead atoms. The number of halogens is 4. The Labute approximate surface area is 121 Å². The summed E-state index contributed by atoms with van der Waals surface area (Å²) in [5.74, 6) is 0.494. The van der Waals surface area contributed by atoms with E-state index in [0.717, 1.165) is 11.3 Å². The smallest absolute Gasteiger partial charge is 0.467 e. The maximum atomic E-state index is 12.1. The summed E-state index contributed by atoms with van der Waals surface area (Å²) in [5.41, 5.74) is 1.66. The monoisotopic (exact) mass is 349 g/mol. The number of benzene rings is 1. The van der Waals surface area contributed by atoms with E-state index >= 15 is 0 Å². The van der Waals surface area contributed by atoms with Crippen LogP contribution < -0.4 is 10.1 Å². The Morgan fingerprint density at radius 1 is 1.30 bits per heavy atom. The van der Waals surface area contributed by atoms with Gasteiger partial charge in [0.25, 0.3) is 0 Å². The lowest BCUT2D eigenvalue weighted by Crippen LogP contribution is -2.17. The van der Waals surface area contributed by atoms with Crippen molar-refractivity contribution in [2.45, 2.75) is 19.8 Å². The topological polar surface area (TPSA) is 34.4 Å². The molecule has 0 aliphatic carbocycles.